The van der Waals surface area contributed by atoms with Gasteiger partial charge in [0.25, 0.3) is 0 Å². The molecule has 0 radical (unpaired) electrons. The van der Waals surface area contributed by atoms with Gasteiger partial charge in [0.15, 0.2) is 0 Å². The highest BCUT2D eigenvalue weighted by Gasteiger charge is 2.16. The zero-order valence-electron chi connectivity index (χ0n) is 15.6. The number of rotatable bonds is 10. The Morgan fingerprint density at radius 2 is 1.67 bits per heavy atom. The van der Waals surface area contributed by atoms with Crippen molar-refractivity contribution in [2.24, 2.45) is 0 Å². The van der Waals surface area contributed by atoms with Crippen molar-refractivity contribution in [2.45, 2.75) is 38.9 Å². The zero-order valence-corrected chi connectivity index (χ0v) is 16.6. The predicted molar refractivity (Wildman–Crippen MR) is 105 cm³/mol. The van der Waals surface area contributed by atoms with Gasteiger partial charge in [-0.1, -0.05) is 30.9 Å². The van der Waals surface area contributed by atoms with Crippen molar-refractivity contribution in [1.29, 1.82) is 0 Å². The molecule has 0 atom stereocenters. The van der Waals surface area contributed by atoms with Crippen molar-refractivity contribution < 1.29 is 13.9 Å². The molecule has 1 rings (SSSR count). The fraction of sp³-hybridized carbons (Fsp3) is 0.400. The average Bonchev–Trinajstić information content (AvgIpc) is 2.51. The fourth-order valence-corrected chi connectivity index (χ4v) is 3.14. The Labute approximate surface area is 147 Å². The van der Waals surface area contributed by atoms with E-state index in [2.05, 4.69) is 38.4 Å². The minimum absolute atomic E-state index is 0.791. The average molecular weight is 347 g/mol. The Morgan fingerprint density at radius 3 is 2.21 bits per heavy atom. The van der Waals surface area contributed by atoms with Crippen LogP contribution in [0.5, 0.6) is 11.5 Å². The monoisotopic (exact) mass is 346 g/mol. The number of unbranched alkanes of at least 4 members (excludes halogenated alkanes) is 1. The number of hydrogen-bond acceptors (Lipinski definition) is 3. The third-order valence-electron chi connectivity index (χ3n) is 3.19. The Morgan fingerprint density at radius 1 is 1.04 bits per heavy atom. The second kappa shape index (κ2) is 10.0. The molecule has 0 spiro atoms. The Kier molecular flexibility index (Phi) is 8.40. The highest BCUT2D eigenvalue weighted by atomic mass is 28.4. The fourth-order valence-electron chi connectivity index (χ4n) is 2.17. The summed E-state index contributed by atoms with van der Waals surface area (Å²) >= 11 is 0. The largest absolute Gasteiger partial charge is 0.548 e. The van der Waals surface area contributed by atoms with Gasteiger partial charge in [-0.3, -0.25) is 0 Å². The van der Waals surface area contributed by atoms with E-state index >= 15 is 0 Å². The molecule has 0 aliphatic heterocycles. The van der Waals surface area contributed by atoms with E-state index in [1.165, 1.54) is 0 Å². The molecule has 3 nitrogen and oxygen atoms in total. The van der Waals surface area contributed by atoms with Gasteiger partial charge in [0.05, 0.1) is 20.0 Å². The predicted octanol–water partition coefficient (Wildman–Crippen LogP) is 5.81. The van der Waals surface area contributed by atoms with Crippen LogP contribution >= 0.6 is 0 Å². The number of benzene rings is 1. The van der Waals surface area contributed by atoms with Crippen molar-refractivity contribution in [2.75, 3.05) is 14.2 Å². The Balaban J connectivity index is 2.39. The molecule has 0 saturated carbocycles. The summed E-state index contributed by atoms with van der Waals surface area (Å²) in [5, 5.41) is 0. The van der Waals surface area contributed by atoms with E-state index in [0.717, 1.165) is 42.1 Å². The molecule has 1 aromatic rings. The van der Waals surface area contributed by atoms with Crippen molar-refractivity contribution in [3.05, 3.63) is 54.3 Å². The molecule has 0 amide bonds. The van der Waals surface area contributed by atoms with E-state index in [4.69, 9.17) is 13.9 Å². The van der Waals surface area contributed by atoms with Gasteiger partial charge in [-0.2, -0.15) is 0 Å². The number of methoxy groups -OCH3 is 2. The first kappa shape index (κ1) is 20.1. The molecule has 132 valence electrons. The first-order valence-electron chi connectivity index (χ1n) is 8.27. The van der Waals surface area contributed by atoms with E-state index in [1.807, 2.05) is 30.4 Å². The Bertz CT molecular complexity index is 561. The van der Waals surface area contributed by atoms with Gasteiger partial charge >= 0.3 is 0 Å². The van der Waals surface area contributed by atoms with Crippen molar-refractivity contribution in [3.8, 4) is 11.5 Å². The number of ether oxygens (including phenoxy) is 2. The van der Waals surface area contributed by atoms with Crippen LogP contribution in [0, 0.1) is 0 Å². The third-order valence-corrected chi connectivity index (χ3v) is 4.09. The van der Waals surface area contributed by atoms with Crippen LogP contribution in [0.2, 0.25) is 19.6 Å². The minimum atomic E-state index is -1.50. The van der Waals surface area contributed by atoms with Gasteiger partial charge in [-0.05, 0) is 50.2 Å². The zero-order chi connectivity index (χ0) is 18.0. The SMILES string of the molecule is C=C(CCC/C=C/C=C/c1cc(OC)cc(OC)c1)O[Si](C)(C)C. The molecule has 1 aromatic carbocycles. The molecular weight excluding hydrogens is 316 g/mol. The Hall–Kier alpha value is -1.94. The molecule has 0 N–H and O–H groups in total. The van der Waals surface area contributed by atoms with Crippen LogP contribution in [0.3, 0.4) is 0 Å². The summed E-state index contributed by atoms with van der Waals surface area (Å²) in [5.74, 6) is 2.50. The van der Waals surface area contributed by atoms with Crippen LogP contribution in [0.15, 0.2) is 48.8 Å². The lowest BCUT2D eigenvalue weighted by Gasteiger charge is -2.20. The summed E-state index contributed by atoms with van der Waals surface area (Å²) in [7, 11) is 1.81. The number of allylic oxidation sites excluding steroid dienone is 4. The van der Waals surface area contributed by atoms with Crippen LogP contribution < -0.4 is 9.47 Å². The van der Waals surface area contributed by atoms with E-state index in [-0.39, 0.29) is 0 Å². The quantitative estimate of drug-likeness (QED) is 0.232. The summed E-state index contributed by atoms with van der Waals surface area (Å²) < 4.78 is 16.4. The van der Waals surface area contributed by atoms with Crippen LogP contribution in [-0.2, 0) is 4.43 Å². The van der Waals surface area contributed by atoms with Crippen molar-refractivity contribution >= 4 is 14.4 Å². The lowest BCUT2D eigenvalue weighted by Crippen LogP contribution is -2.24. The maximum atomic E-state index is 5.85. The van der Waals surface area contributed by atoms with Crippen LogP contribution in [0.4, 0.5) is 0 Å². The second-order valence-corrected chi connectivity index (χ2v) is 11.0. The van der Waals surface area contributed by atoms with Gasteiger partial charge in [0, 0.05) is 12.5 Å². The van der Waals surface area contributed by atoms with Crippen molar-refractivity contribution in [1.82, 2.24) is 0 Å². The molecular formula is C20H30O3Si. The molecule has 0 bridgehead atoms. The summed E-state index contributed by atoms with van der Waals surface area (Å²) in [5.41, 5.74) is 1.05. The standard InChI is InChI=1S/C20H30O3Si/c1-17(23-24(4,5)6)12-10-8-7-9-11-13-18-14-19(21-2)16-20(15-18)22-3/h7,9,11,13-16H,1,8,10,12H2,2-6H3/b9-7+,13-11+. The normalized spacial score (nSPS) is 11.9. The second-order valence-electron chi connectivity index (χ2n) is 6.58. The van der Waals surface area contributed by atoms with E-state index in [9.17, 15) is 0 Å². The van der Waals surface area contributed by atoms with Crippen LogP contribution in [-0.4, -0.2) is 22.5 Å². The van der Waals surface area contributed by atoms with E-state index in [0.29, 0.717) is 0 Å². The summed E-state index contributed by atoms with van der Waals surface area (Å²) in [4.78, 5) is 0. The molecule has 0 aromatic heterocycles. The first-order chi connectivity index (χ1) is 11.3. The summed E-state index contributed by atoms with van der Waals surface area (Å²) in [6, 6.07) is 5.82. The molecule has 0 aliphatic rings. The smallest absolute Gasteiger partial charge is 0.241 e. The van der Waals surface area contributed by atoms with Crippen LogP contribution in [0.25, 0.3) is 6.08 Å². The van der Waals surface area contributed by atoms with Crippen molar-refractivity contribution in [3.63, 3.8) is 0 Å². The molecule has 24 heavy (non-hydrogen) atoms. The minimum Gasteiger partial charge on any atom is -0.548 e. The maximum absolute atomic E-state index is 5.85. The molecule has 0 heterocycles. The third kappa shape index (κ3) is 8.63. The summed E-state index contributed by atoms with van der Waals surface area (Å²) in [6.07, 6.45) is 11.3. The first-order valence-corrected chi connectivity index (χ1v) is 11.7. The van der Waals surface area contributed by atoms with E-state index in [1.54, 1.807) is 14.2 Å². The van der Waals surface area contributed by atoms with Gasteiger partial charge in [-0.25, -0.2) is 0 Å². The molecule has 0 unspecified atom stereocenters. The molecule has 0 saturated heterocycles. The van der Waals surface area contributed by atoms with Gasteiger partial charge in [0.1, 0.15) is 11.5 Å². The highest BCUT2D eigenvalue weighted by molar-refractivity contribution is 6.70. The van der Waals surface area contributed by atoms with Gasteiger partial charge in [0.2, 0.25) is 8.32 Å². The lowest BCUT2D eigenvalue weighted by molar-refractivity contribution is 0.394. The topological polar surface area (TPSA) is 27.7 Å². The number of hydrogen-bond donors (Lipinski definition) is 0. The molecule has 4 heteroatoms. The van der Waals surface area contributed by atoms with Gasteiger partial charge < -0.3 is 13.9 Å². The van der Waals surface area contributed by atoms with E-state index < -0.39 is 8.32 Å². The maximum Gasteiger partial charge on any atom is 0.241 e. The highest BCUT2D eigenvalue weighted by Crippen LogP contribution is 2.23. The molecule has 0 fully saturated rings. The lowest BCUT2D eigenvalue weighted by atomic mass is 10.1. The molecule has 0 aliphatic carbocycles. The van der Waals surface area contributed by atoms with Crippen LogP contribution in [0.1, 0.15) is 24.8 Å². The summed E-state index contributed by atoms with van der Waals surface area (Å²) in [6.45, 7) is 10.5. The van der Waals surface area contributed by atoms with Gasteiger partial charge in [-0.15, -0.1) is 0 Å².